The van der Waals surface area contributed by atoms with E-state index in [4.69, 9.17) is 21.3 Å². The molecule has 3 aliphatic heterocycles. The van der Waals surface area contributed by atoms with Gasteiger partial charge < -0.3 is 10.1 Å². The number of piperidine rings is 1. The summed E-state index contributed by atoms with van der Waals surface area (Å²) in [6.45, 7) is 5.71. The topological polar surface area (TPSA) is 123 Å². The first-order valence-corrected chi connectivity index (χ1v) is 19.4. The number of ether oxygens (including phenoxy) is 1. The molecule has 1 saturated carbocycles. The molecule has 0 radical (unpaired) electrons. The maximum absolute atomic E-state index is 13.6. The second-order valence-electron chi connectivity index (χ2n) is 13.6. The molecule has 9 atom stereocenters. The van der Waals surface area contributed by atoms with Crippen molar-refractivity contribution in [2.45, 2.75) is 106 Å². The number of halogens is 2. The fraction of sp³-hybridized carbons (Fsp3) is 0.833. The molecular weight excluding hydrogens is 629 g/mol. The highest BCUT2D eigenvalue weighted by atomic mass is 35.5. The van der Waals surface area contributed by atoms with Crippen molar-refractivity contribution in [2.75, 3.05) is 31.7 Å². The lowest BCUT2D eigenvalue weighted by Crippen LogP contribution is -2.58. The van der Waals surface area contributed by atoms with Crippen molar-refractivity contribution in [3.63, 3.8) is 0 Å². The molecule has 1 aromatic rings. The largest absolute Gasteiger partial charge is 0.376 e. The Morgan fingerprint density at radius 3 is 2.73 bits per heavy atom. The van der Waals surface area contributed by atoms with Crippen LogP contribution in [-0.2, 0) is 38.9 Å². The second kappa shape index (κ2) is 13.1. The van der Waals surface area contributed by atoms with Gasteiger partial charge in [-0.2, -0.15) is 11.8 Å². The van der Waals surface area contributed by atoms with E-state index in [0.29, 0.717) is 44.2 Å². The fourth-order valence-electron chi connectivity index (χ4n) is 8.32. The van der Waals surface area contributed by atoms with E-state index in [0.717, 1.165) is 56.0 Å². The van der Waals surface area contributed by atoms with Crippen LogP contribution in [0.15, 0.2) is 4.79 Å². The van der Waals surface area contributed by atoms with E-state index < -0.39 is 28.0 Å². The molecule has 0 aromatic carbocycles. The monoisotopic (exact) mass is 673 g/mol. The van der Waals surface area contributed by atoms with Crippen molar-refractivity contribution in [3.8, 4) is 0 Å². The van der Waals surface area contributed by atoms with Gasteiger partial charge in [-0.25, -0.2) is 17.8 Å². The van der Waals surface area contributed by atoms with Crippen LogP contribution in [0.1, 0.15) is 56.1 Å². The van der Waals surface area contributed by atoms with E-state index in [9.17, 15) is 22.4 Å². The van der Waals surface area contributed by atoms with Gasteiger partial charge in [0, 0.05) is 53.2 Å². The van der Waals surface area contributed by atoms with E-state index in [2.05, 4.69) is 21.9 Å². The molecular formula is C30H45ClFN5O5S2. The molecule has 44 heavy (non-hydrogen) atoms. The molecule has 6 rings (SSSR count). The highest BCUT2D eigenvalue weighted by Gasteiger charge is 2.52. The number of rotatable bonds is 8. The van der Waals surface area contributed by atoms with Gasteiger partial charge in [-0.05, 0) is 70.6 Å². The molecule has 14 heteroatoms. The third-order valence-electron chi connectivity index (χ3n) is 10.4. The Bertz CT molecular complexity index is 1410. The van der Waals surface area contributed by atoms with Crippen molar-refractivity contribution in [1.29, 1.82) is 0 Å². The number of fused-ring (bicyclic) bond motifs is 2. The molecule has 8 unspecified atom stereocenters. The lowest BCUT2D eigenvalue weighted by molar-refractivity contribution is -0.123. The zero-order chi connectivity index (χ0) is 31.3. The maximum atomic E-state index is 13.6. The number of amides is 1. The van der Waals surface area contributed by atoms with Gasteiger partial charge in [0.15, 0.2) is 0 Å². The second-order valence-corrected chi connectivity index (χ2v) is 17.2. The Hall–Kier alpha value is -1.25. The lowest BCUT2D eigenvalue weighted by atomic mass is 9.70. The zero-order valence-corrected chi connectivity index (χ0v) is 28.1. The number of aromatic nitrogens is 2. The smallest absolute Gasteiger partial charge is 0.257 e. The van der Waals surface area contributed by atoms with Crippen molar-refractivity contribution in [2.24, 2.45) is 17.8 Å². The van der Waals surface area contributed by atoms with Crippen LogP contribution in [0.25, 0.3) is 0 Å². The SMILES string of the molecule is Cc1nc2c(c(=O)n1CCOC1CCC(Cl)CC1C1CC(C)NC3C(C(=O)NS(C)(=O)=O)CSC13)C[C@H](N1CC(F)C1)CC2. The summed E-state index contributed by atoms with van der Waals surface area (Å²) in [7, 11) is -3.63. The molecule has 4 fully saturated rings. The van der Waals surface area contributed by atoms with Crippen molar-refractivity contribution in [3.05, 3.63) is 27.4 Å². The number of nitrogens with zero attached hydrogens (tertiary/aromatic N) is 3. The Morgan fingerprint density at radius 2 is 2.00 bits per heavy atom. The number of alkyl halides is 2. The zero-order valence-electron chi connectivity index (χ0n) is 25.7. The van der Waals surface area contributed by atoms with Crippen molar-refractivity contribution >= 4 is 39.3 Å². The molecule has 3 saturated heterocycles. The number of hydrogen-bond acceptors (Lipinski definition) is 9. The van der Waals surface area contributed by atoms with Crippen molar-refractivity contribution in [1.82, 2.24) is 24.5 Å². The summed E-state index contributed by atoms with van der Waals surface area (Å²) in [5.41, 5.74) is 1.64. The quantitative estimate of drug-likeness (QED) is 0.399. The average molecular weight is 674 g/mol. The Balaban J connectivity index is 1.13. The summed E-state index contributed by atoms with van der Waals surface area (Å²) in [6, 6.07) is 0.249. The number of carbonyl (C=O) groups is 1. The Kier molecular flexibility index (Phi) is 9.73. The molecule has 0 spiro atoms. The molecule has 4 heterocycles. The Labute approximate surface area is 268 Å². The van der Waals surface area contributed by atoms with Crippen LogP contribution in [0.2, 0.25) is 0 Å². The minimum Gasteiger partial charge on any atom is -0.376 e. The molecule has 2 N–H and O–H groups in total. The third kappa shape index (κ3) is 6.88. The lowest BCUT2D eigenvalue weighted by Gasteiger charge is -2.47. The number of sulfonamides is 1. The van der Waals surface area contributed by atoms with Crippen LogP contribution in [0, 0.1) is 24.7 Å². The molecule has 5 aliphatic rings. The minimum atomic E-state index is -3.63. The number of carbonyl (C=O) groups excluding carboxylic acids is 1. The van der Waals surface area contributed by atoms with E-state index in [1.165, 1.54) is 0 Å². The predicted octanol–water partition coefficient (Wildman–Crippen LogP) is 2.03. The molecule has 246 valence electrons. The van der Waals surface area contributed by atoms with E-state index in [1.807, 2.05) is 6.92 Å². The van der Waals surface area contributed by atoms with Crippen LogP contribution >= 0.6 is 23.4 Å². The maximum Gasteiger partial charge on any atom is 0.257 e. The first-order valence-electron chi connectivity index (χ1n) is 16.0. The molecule has 0 bridgehead atoms. The fourth-order valence-corrected chi connectivity index (χ4v) is 11.0. The highest BCUT2D eigenvalue weighted by molar-refractivity contribution is 8.00. The van der Waals surface area contributed by atoms with Gasteiger partial charge in [0.1, 0.15) is 12.0 Å². The Morgan fingerprint density at radius 1 is 1.23 bits per heavy atom. The summed E-state index contributed by atoms with van der Waals surface area (Å²) in [5, 5.41) is 3.81. The normalized spacial score (nSPS) is 36.3. The van der Waals surface area contributed by atoms with Crippen LogP contribution in [0.3, 0.4) is 0 Å². The minimum absolute atomic E-state index is 0.00470. The first-order chi connectivity index (χ1) is 20.9. The van der Waals surface area contributed by atoms with Gasteiger partial charge in [-0.1, -0.05) is 0 Å². The average Bonchev–Trinajstić information content (AvgIpc) is 3.36. The van der Waals surface area contributed by atoms with Crippen LogP contribution in [0.4, 0.5) is 4.39 Å². The van der Waals surface area contributed by atoms with Gasteiger partial charge in [-0.15, -0.1) is 11.6 Å². The van der Waals surface area contributed by atoms with E-state index in [-0.39, 0.29) is 52.3 Å². The summed E-state index contributed by atoms with van der Waals surface area (Å²) < 4.78 is 47.5. The molecule has 2 aliphatic carbocycles. The molecule has 10 nitrogen and oxygen atoms in total. The number of likely N-dealkylation sites (tertiary alicyclic amines) is 1. The summed E-state index contributed by atoms with van der Waals surface area (Å²) in [4.78, 5) is 33.4. The standard InChI is InChI=1S/C30H45ClFN5O5S2/c1-16-10-22(28-27(33-16)24(15-43-28)29(38)35-44(3,40)41)21-11-18(31)4-7-26(21)42-9-8-37-17(2)34-25-6-5-20(12-23(25)30(37)39)36-13-19(32)14-36/h16,18-22,24,26-28,33H,4-15H2,1-3H3,(H,35,38)/t16?,18?,20-,21?,22?,24?,26?,27?,28?/m1/s1. The van der Waals surface area contributed by atoms with Gasteiger partial charge in [-0.3, -0.25) is 23.8 Å². The van der Waals surface area contributed by atoms with Gasteiger partial charge in [0.05, 0.1) is 37.1 Å². The third-order valence-corrected chi connectivity index (χ3v) is 13.0. The first kappa shape index (κ1) is 32.7. The van der Waals surface area contributed by atoms with Gasteiger partial charge in [0.2, 0.25) is 15.9 Å². The van der Waals surface area contributed by atoms with Crippen molar-refractivity contribution < 1.29 is 22.3 Å². The summed E-state index contributed by atoms with van der Waals surface area (Å²) in [6.07, 6.45) is 5.95. The highest BCUT2D eigenvalue weighted by Crippen LogP contribution is 2.48. The molecule has 1 amide bonds. The summed E-state index contributed by atoms with van der Waals surface area (Å²) in [5.74, 6) is 0.854. The summed E-state index contributed by atoms with van der Waals surface area (Å²) >= 11 is 8.48. The van der Waals surface area contributed by atoms with Crippen LogP contribution < -0.4 is 15.6 Å². The van der Waals surface area contributed by atoms with E-state index >= 15 is 0 Å². The number of hydrogen-bond donors (Lipinski definition) is 2. The van der Waals surface area contributed by atoms with Crippen LogP contribution in [0.5, 0.6) is 0 Å². The van der Waals surface area contributed by atoms with Crippen LogP contribution in [-0.4, -0.2) is 102 Å². The number of nitrogens with one attached hydrogen (secondary N) is 2. The van der Waals surface area contributed by atoms with Gasteiger partial charge >= 0.3 is 0 Å². The molecule has 1 aromatic heterocycles. The van der Waals surface area contributed by atoms with E-state index in [1.54, 1.807) is 16.3 Å². The number of aryl methyl sites for hydroxylation is 2. The number of thioether (sulfide) groups is 1. The van der Waals surface area contributed by atoms with Gasteiger partial charge in [0.25, 0.3) is 5.56 Å². The predicted molar refractivity (Wildman–Crippen MR) is 169 cm³/mol.